The van der Waals surface area contributed by atoms with Crippen molar-refractivity contribution in [2.24, 2.45) is 17.3 Å². The lowest BCUT2D eigenvalue weighted by Gasteiger charge is -2.60. The second-order valence-corrected chi connectivity index (χ2v) is 10.3. The first-order valence-corrected chi connectivity index (χ1v) is 11.3. The lowest BCUT2D eigenvalue weighted by Crippen LogP contribution is -2.64. The summed E-state index contributed by atoms with van der Waals surface area (Å²) in [6, 6.07) is 16.6. The third-order valence-corrected chi connectivity index (χ3v) is 8.23. The quantitative estimate of drug-likeness (QED) is 0.738. The summed E-state index contributed by atoms with van der Waals surface area (Å²) in [6.07, 6.45) is 4.49. The summed E-state index contributed by atoms with van der Waals surface area (Å²) in [5.74, 6) is 0.123. The number of hydrogen-bond acceptors (Lipinski definition) is 3. The third kappa shape index (κ3) is 2.89. The van der Waals surface area contributed by atoms with Gasteiger partial charge in [0.2, 0.25) is 0 Å². The molecule has 7 rings (SSSR count). The van der Waals surface area contributed by atoms with E-state index in [4.69, 9.17) is 4.74 Å². The fraction of sp³-hybridized carbons (Fsp3) is 0.462. The van der Waals surface area contributed by atoms with Gasteiger partial charge in [-0.25, -0.2) is 4.79 Å². The second kappa shape index (κ2) is 6.59. The Hall–Kier alpha value is -2.82. The maximum Gasteiger partial charge on any atom is 0.407 e. The molecule has 0 heterocycles. The molecule has 160 valence electrons. The number of amides is 1. The van der Waals surface area contributed by atoms with E-state index in [1.807, 2.05) is 24.3 Å². The van der Waals surface area contributed by atoms with Crippen LogP contribution in [0.2, 0.25) is 0 Å². The number of carbonyl (C=O) groups is 2. The van der Waals surface area contributed by atoms with Gasteiger partial charge in [-0.3, -0.25) is 4.79 Å². The molecule has 2 unspecified atom stereocenters. The molecule has 4 fully saturated rings. The predicted octanol–water partition coefficient (Wildman–Crippen LogP) is 4.95. The van der Waals surface area contributed by atoms with E-state index in [-0.39, 0.29) is 12.5 Å². The van der Waals surface area contributed by atoms with Gasteiger partial charge in [0.1, 0.15) is 6.61 Å². The standard InChI is InChI=1S/C26H27NO4/c28-23(29)25-10-16-9-17(11-25)13-26(12-16,15-25)27-24(30)31-14-22-20-7-3-1-5-18(20)19-6-2-4-8-21(19)22/h1-8,16-17,22H,9-15H2,(H,27,30)(H,28,29). The molecule has 0 spiro atoms. The number of benzene rings is 2. The van der Waals surface area contributed by atoms with Crippen LogP contribution in [0.25, 0.3) is 11.1 Å². The minimum atomic E-state index is -0.694. The van der Waals surface area contributed by atoms with Crippen molar-refractivity contribution in [3.05, 3.63) is 59.7 Å². The van der Waals surface area contributed by atoms with Crippen LogP contribution in [0.1, 0.15) is 55.6 Å². The molecule has 4 saturated carbocycles. The normalized spacial score (nSPS) is 32.4. The third-order valence-electron chi connectivity index (χ3n) is 8.23. The number of rotatable bonds is 4. The van der Waals surface area contributed by atoms with Gasteiger partial charge in [0.05, 0.1) is 5.41 Å². The molecule has 5 aliphatic carbocycles. The van der Waals surface area contributed by atoms with Gasteiger partial charge in [-0.2, -0.15) is 0 Å². The van der Waals surface area contributed by atoms with Gasteiger partial charge in [0.25, 0.3) is 0 Å². The highest BCUT2D eigenvalue weighted by Crippen LogP contribution is 2.61. The first-order chi connectivity index (χ1) is 15.0. The van der Waals surface area contributed by atoms with E-state index >= 15 is 0 Å². The number of aliphatic carboxylic acids is 1. The van der Waals surface area contributed by atoms with E-state index in [1.165, 1.54) is 22.3 Å². The topological polar surface area (TPSA) is 75.6 Å². The number of carboxylic acid groups (broad SMARTS) is 1. The number of ether oxygens (including phenoxy) is 1. The highest BCUT2D eigenvalue weighted by molar-refractivity contribution is 5.79. The Kier molecular flexibility index (Phi) is 4.02. The van der Waals surface area contributed by atoms with Crippen molar-refractivity contribution >= 4 is 12.1 Å². The summed E-state index contributed by atoms with van der Waals surface area (Å²) in [5.41, 5.74) is 3.70. The van der Waals surface area contributed by atoms with Crippen LogP contribution >= 0.6 is 0 Å². The maximum absolute atomic E-state index is 12.9. The summed E-state index contributed by atoms with van der Waals surface area (Å²) in [4.78, 5) is 25.0. The summed E-state index contributed by atoms with van der Waals surface area (Å²) in [7, 11) is 0. The smallest absolute Gasteiger partial charge is 0.407 e. The molecule has 1 amide bonds. The van der Waals surface area contributed by atoms with Crippen LogP contribution in [-0.2, 0) is 9.53 Å². The monoisotopic (exact) mass is 417 g/mol. The Labute approximate surface area is 181 Å². The number of fused-ring (bicyclic) bond motifs is 3. The minimum absolute atomic E-state index is 0.0277. The van der Waals surface area contributed by atoms with Crippen molar-refractivity contribution in [2.45, 2.75) is 50.0 Å². The van der Waals surface area contributed by atoms with Crippen LogP contribution in [0, 0.1) is 17.3 Å². The van der Waals surface area contributed by atoms with Crippen molar-refractivity contribution in [3.63, 3.8) is 0 Å². The van der Waals surface area contributed by atoms with Crippen LogP contribution in [-0.4, -0.2) is 29.3 Å². The van der Waals surface area contributed by atoms with E-state index in [1.54, 1.807) is 0 Å². The number of nitrogens with one attached hydrogen (secondary N) is 1. The number of carboxylic acids is 1. The van der Waals surface area contributed by atoms with E-state index in [9.17, 15) is 14.7 Å². The van der Waals surface area contributed by atoms with Crippen LogP contribution in [0.15, 0.2) is 48.5 Å². The van der Waals surface area contributed by atoms with Gasteiger partial charge >= 0.3 is 12.1 Å². The molecule has 0 radical (unpaired) electrons. The molecule has 0 aliphatic heterocycles. The van der Waals surface area contributed by atoms with Crippen molar-refractivity contribution in [1.82, 2.24) is 5.32 Å². The zero-order valence-electron chi connectivity index (χ0n) is 17.5. The van der Waals surface area contributed by atoms with Crippen LogP contribution in [0.4, 0.5) is 4.79 Å². The predicted molar refractivity (Wildman–Crippen MR) is 116 cm³/mol. The van der Waals surface area contributed by atoms with Gasteiger partial charge in [0.15, 0.2) is 0 Å². The Morgan fingerprint density at radius 2 is 1.52 bits per heavy atom. The zero-order valence-corrected chi connectivity index (χ0v) is 17.5. The van der Waals surface area contributed by atoms with Gasteiger partial charge in [-0.15, -0.1) is 0 Å². The lowest BCUT2D eigenvalue weighted by molar-refractivity contribution is -0.168. The number of carbonyl (C=O) groups excluding carboxylic acids is 1. The average molecular weight is 418 g/mol. The highest BCUT2D eigenvalue weighted by atomic mass is 16.5. The Bertz CT molecular complexity index is 1020. The molecular weight excluding hydrogens is 390 g/mol. The first-order valence-electron chi connectivity index (χ1n) is 11.3. The summed E-state index contributed by atoms with van der Waals surface area (Å²) in [5, 5.41) is 13.1. The fourth-order valence-electron chi connectivity index (χ4n) is 7.51. The minimum Gasteiger partial charge on any atom is -0.481 e. The van der Waals surface area contributed by atoms with E-state index in [0.717, 1.165) is 32.1 Å². The Balaban J connectivity index is 1.19. The van der Waals surface area contributed by atoms with Crippen LogP contribution in [0.5, 0.6) is 0 Å². The molecular formula is C26H27NO4. The number of alkyl carbamates (subject to hydrolysis) is 1. The van der Waals surface area contributed by atoms with Gasteiger partial charge < -0.3 is 15.2 Å². The number of hydrogen-bond donors (Lipinski definition) is 2. The van der Waals surface area contributed by atoms with Crippen molar-refractivity contribution < 1.29 is 19.4 Å². The largest absolute Gasteiger partial charge is 0.481 e. The van der Waals surface area contributed by atoms with Gasteiger partial charge in [-0.05, 0) is 72.6 Å². The SMILES string of the molecule is O=C(NC12CC3CC(C1)CC(C(=O)O)(C3)C2)OCC1c2ccccc2-c2ccccc21. The van der Waals surface area contributed by atoms with E-state index in [2.05, 4.69) is 29.6 Å². The van der Waals surface area contributed by atoms with Crippen LogP contribution < -0.4 is 5.32 Å². The molecule has 2 aromatic rings. The van der Waals surface area contributed by atoms with Crippen molar-refractivity contribution in [2.75, 3.05) is 6.61 Å². The van der Waals surface area contributed by atoms with Crippen LogP contribution in [0.3, 0.4) is 0 Å². The average Bonchev–Trinajstić information content (AvgIpc) is 3.05. The molecule has 5 heteroatoms. The molecule has 2 N–H and O–H groups in total. The zero-order chi connectivity index (χ0) is 21.2. The van der Waals surface area contributed by atoms with Crippen molar-refractivity contribution in [3.8, 4) is 11.1 Å². The first kappa shape index (κ1) is 18.9. The maximum atomic E-state index is 12.9. The summed E-state index contributed by atoms with van der Waals surface area (Å²) < 4.78 is 5.77. The summed E-state index contributed by atoms with van der Waals surface area (Å²) in [6.45, 7) is 0.285. The molecule has 0 aromatic heterocycles. The van der Waals surface area contributed by atoms with E-state index in [0.29, 0.717) is 18.3 Å². The highest BCUT2D eigenvalue weighted by Gasteiger charge is 2.61. The lowest BCUT2D eigenvalue weighted by atomic mass is 9.47. The van der Waals surface area contributed by atoms with Gasteiger partial charge in [-0.1, -0.05) is 48.5 Å². The molecule has 0 saturated heterocycles. The van der Waals surface area contributed by atoms with E-state index < -0.39 is 23.0 Å². The molecule has 2 aromatic carbocycles. The molecule has 31 heavy (non-hydrogen) atoms. The van der Waals surface area contributed by atoms with Crippen molar-refractivity contribution in [1.29, 1.82) is 0 Å². The molecule has 2 atom stereocenters. The fourth-order valence-corrected chi connectivity index (χ4v) is 7.51. The summed E-state index contributed by atoms with van der Waals surface area (Å²) >= 11 is 0. The molecule has 5 nitrogen and oxygen atoms in total. The van der Waals surface area contributed by atoms with Gasteiger partial charge in [0, 0.05) is 11.5 Å². The molecule has 4 bridgehead atoms. The molecule has 5 aliphatic rings. The second-order valence-electron chi connectivity index (χ2n) is 10.3. The Morgan fingerprint density at radius 1 is 0.935 bits per heavy atom. The Morgan fingerprint density at radius 3 is 2.10 bits per heavy atom.